The minimum atomic E-state index is -3.56. The van der Waals surface area contributed by atoms with Crippen LogP contribution in [0.5, 0.6) is 5.75 Å². The highest BCUT2D eigenvalue weighted by Gasteiger charge is 2.22. The smallest absolute Gasteiger partial charge is 0.243 e. The standard InChI is InChI=1S/C13H16N2O3S2/c1-15(8-10-5-6-19-9-10)20(16,17)11-3-4-12(14)13(7-11)18-2/h3-7,9H,8,14H2,1-2H3. The summed E-state index contributed by atoms with van der Waals surface area (Å²) in [6, 6.07) is 6.36. The van der Waals surface area contributed by atoms with Crippen LogP contribution in [0.2, 0.25) is 0 Å². The van der Waals surface area contributed by atoms with Crippen LogP contribution in [0, 0.1) is 0 Å². The first-order valence-electron chi connectivity index (χ1n) is 5.86. The second-order valence-electron chi connectivity index (χ2n) is 4.30. The number of ether oxygens (including phenoxy) is 1. The maximum Gasteiger partial charge on any atom is 0.243 e. The summed E-state index contributed by atoms with van der Waals surface area (Å²) in [4.78, 5) is 0.168. The third-order valence-corrected chi connectivity index (χ3v) is 5.43. The molecule has 108 valence electrons. The van der Waals surface area contributed by atoms with Gasteiger partial charge in [0, 0.05) is 19.7 Å². The molecule has 0 unspecified atom stereocenters. The molecule has 2 N–H and O–H groups in total. The van der Waals surface area contributed by atoms with Crippen LogP contribution in [0.3, 0.4) is 0 Å². The fourth-order valence-electron chi connectivity index (χ4n) is 1.76. The van der Waals surface area contributed by atoms with Gasteiger partial charge in [-0.25, -0.2) is 8.42 Å². The van der Waals surface area contributed by atoms with Gasteiger partial charge in [0.25, 0.3) is 0 Å². The number of thiophene rings is 1. The number of hydrogen-bond donors (Lipinski definition) is 1. The topological polar surface area (TPSA) is 72.6 Å². The van der Waals surface area contributed by atoms with Crippen molar-refractivity contribution in [3.63, 3.8) is 0 Å². The van der Waals surface area contributed by atoms with Gasteiger partial charge in [0.1, 0.15) is 5.75 Å². The average Bonchev–Trinajstić information content (AvgIpc) is 2.91. The predicted octanol–water partition coefficient (Wildman–Crippen LogP) is 2.16. The van der Waals surface area contributed by atoms with Crippen LogP contribution >= 0.6 is 11.3 Å². The molecule has 1 heterocycles. The molecule has 0 spiro atoms. The van der Waals surface area contributed by atoms with Crippen molar-refractivity contribution in [1.82, 2.24) is 4.31 Å². The van der Waals surface area contributed by atoms with Gasteiger partial charge in [-0.1, -0.05) is 0 Å². The van der Waals surface area contributed by atoms with Crippen molar-refractivity contribution in [2.75, 3.05) is 19.9 Å². The molecule has 20 heavy (non-hydrogen) atoms. The Labute approximate surface area is 122 Å². The Morgan fingerprint density at radius 1 is 1.35 bits per heavy atom. The Morgan fingerprint density at radius 2 is 2.10 bits per heavy atom. The Kier molecular flexibility index (Phi) is 4.32. The van der Waals surface area contributed by atoms with E-state index in [1.54, 1.807) is 7.05 Å². The molecule has 0 bridgehead atoms. The van der Waals surface area contributed by atoms with Gasteiger partial charge in [-0.3, -0.25) is 0 Å². The minimum absolute atomic E-state index is 0.168. The van der Waals surface area contributed by atoms with Crippen molar-refractivity contribution in [2.24, 2.45) is 0 Å². The summed E-state index contributed by atoms with van der Waals surface area (Å²) in [5.74, 6) is 0.356. The first kappa shape index (κ1) is 14.8. The van der Waals surface area contributed by atoms with E-state index in [0.29, 0.717) is 18.0 Å². The summed E-state index contributed by atoms with van der Waals surface area (Å²) in [7, 11) is -0.555. The van der Waals surface area contributed by atoms with Gasteiger partial charge in [0.15, 0.2) is 0 Å². The van der Waals surface area contributed by atoms with Crippen LogP contribution in [0.1, 0.15) is 5.56 Å². The Hall–Kier alpha value is -1.57. The van der Waals surface area contributed by atoms with E-state index >= 15 is 0 Å². The summed E-state index contributed by atoms with van der Waals surface area (Å²) < 4.78 is 31.3. The Balaban J connectivity index is 2.29. The van der Waals surface area contributed by atoms with Crippen LogP contribution in [0.4, 0.5) is 5.69 Å². The Bertz CT molecular complexity index is 682. The van der Waals surface area contributed by atoms with Crippen molar-refractivity contribution in [3.8, 4) is 5.75 Å². The summed E-state index contributed by atoms with van der Waals surface area (Å²) >= 11 is 1.54. The van der Waals surface area contributed by atoms with Gasteiger partial charge in [0.2, 0.25) is 10.0 Å². The molecule has 0 aliphatic heterocycles. The summed E-state index contributed by atoms with van der Waals surface area (Å²) in [5.41, 5.74) is 7.07. The maximum atomic E-state index is 12.5. The number of nitrogens with two attached hydrogens (primary N) is 1. The fourth-order valence-corrected chi connectivity index (χ4v) is 3.59. The normalized spacial score (nSPS) is 11.8. The van der Waals surface area contributed by atoms with E-state index in [-0.39, 0.29) is 4.90 Å². The number of anilines is 1. The van der Waals surface area contributed by atoms with Gasteiger partial charge in [0.05, 0.1) is 17.7 Å². The van der Waals surface area contributed by atoms with Gasteiger partial charge in [-0.2, -0.15) is 15.6 Å². The highest BCUT2D eigenvalue weighted by atomic mass is 32.2. The van der Waals surface area contributed by atoms with Gasteiger partial charge >= 0.3 is 0 Å². The van der Waals surface area contributed by atoms with Crippen molar-refractivity contribution < 1.29 is 13.2 Å². The van der Waals surface area contributed by atoms with Crippen LogP contribution in [0.25, 0.3) is 0 Å². The number of nitrogens with zero attached hydrogens (tertiary/aromatic N) is 1. The number of nitrogen functional groups attached to an aromatic ring is 1. The quantitative estimate of drug-likeness (QED) is 0.859. The highest BCUT2D eigenvalue weighted by molar-refractivity contribution is 7.89. The molecule has 1 aromatic carbocycles. The van der Waals surface area contributed by atoms with E-state index in [1.807, 2.05) is 16.8 Å². The molecule has 0 aliphatic rings. The molecule has 0 fully saturated rings. The molecule has 0 atom stereocenters. The number of benzene rings is 1. The largest absolute Gasteiger partial charge is 0.495 e. The lowest BCUT2D eigenvalue weighted by atomic mass is 10.3. The second-order valence-corrected chi connectivity index (χ2v) is 7.12. The van der Waals surface area contributed by atoms with Crippen molar-refractivity contribution in [3.05, 3.63) is 40.6 Å². The number of hydrogen-bond acceptors (Lipinski definition) is 5. The molecule has 5 nitrogen and oxygen atoms in total. The zero-order valence-corrected chi connectivity index (χ0v) is 12.9. The first-order valence-corrected chi connectivity index (χ1v) is 8.24. The zero-order chi connectivity index (χ0) is 14.8. The van der Waals surface area contributed by atoms with E-state index in [9.17, 15) is 8.42 Å². The molecule has 0 saturated carbocycles. The zero-order valence-electron chi connectivity index (χ0n) is 11.2. The highest BCUT2D eigenvalue weighted by Crippen LogP contribution is 2.26. The fraction of sp³-hybridized carbons (Fsp3) is 0.231. The number of rotatable bonds is 5. The van der Waals surface area contributed by atoms with Gasteiger partial charge in [-0.05, 0) is 34.5 Å². The summed E-state index contributed by atoms with van der Waals surface area (Å²) in [6.45, 7) is 0.332. The molecule has 0 radical (unpaired) electrons. The predicted molar refractivity (Wildman–Crippen MR) is 80.4 cm³/mol. The van der Waals surface area contributed by atoms with E-state index in [0.717, 1.165) is 5.56 Å². The molecule has 0 aliphatic carbocycles. The maximum absolute atomic E-state index is 12.5. The van der Waals surface area contributed by atoms with E-state index in [1.165, 1.54) is 41.0 Å². The first-order chi connectivity index (χ1) is 9.45. The van der Waals surface area contributed by atoms with Gasteiger partial charge < -0.3 is 10.5 Å². The van der Waals surface area contributed by atoms with Crippen molar-refractivity contribution in [1.29, 1.82) is 0 Å². The molecule has 1 aromatic heterocycles. The van der Waals surface area contributed by atoms with Crippen molar-refractivity contribution >= 4 is 27.0 Å². The average molecular weight is 312 g/mol. The SMILES string of the molecule is COc1cc(S(=O)(=O)N(C)Cc2ccsc2)ccc1N. The lowest BCUT2D eigenvalue weighted by Gasteiger charge is -2.17. The van der Waals surface area contributed by atoms with Gasteiger partial charge in [-0.15, -0.1) is 0 Å². The molecular weight excluding hydrogens is 296 g/mol. The monoisotopic (exact) mass is 312 g/mol. The third-order valence-electron chi connectivity index (χ3n) is 2.90. The molecule has 7 heteroatoms. The number of sulfonamides is 1. The van der Waals surface area contributed by atoms with E-state index < -0.39 is 10.0 Å². The summed E-state index contributed by atoms with van der Waals surface area (Å²) in [5, 5.41) is 3.84. The molecule has 0 saturated heterocycles. The minimum Gasteiger partial charge on any atom is -0.495 e. The molecule has 2 aromatic rings. The second kappa shape index (κ2) is 5.82. The Morgan fingerprint density at radius 3 is 2.70 bits per heavy atom. The van der Waals surface area contributed by atoms with Crippen LogP contribution < -0.4 is 10.5 Å². The third kappa shape index (κ3) is 2.95. The van der Waals surface area contributed by atoms with Crippen LogP contribution in [0.15, 0.2) is 39.9 Å². The van der Waals surface area contributed by atoms with Crippen LogP contribution in [-0.2, 0) is 16.6 Å². The molecule has 0 amide bonds. The summed E-state index contributed by atoms with van der Waals surface area (Å²) in [6.07, 6.45) is 0. The molecule has 2 rings (SSSR count). The van der Waals surface area contributed by atoms with E-state index in [4.69, 9.17) is 10.5 Å². The van der Waals surface area contributed by atoms with Crippen LogP contribution in [-0.4, -0.2) is 26.9 Å². The van der Waals surface area contributed by atoms with Crippen molar-refractivity contribution in [2.45, 2.75) is 11.4 Å². The lowest BCUT2D eigenvalue weighted by molar-refractivity contribution is 0.415. The molecular formula is C13H16N2O3S2. The lowest BCUT2D eigenvalue weighted by Crippen LogP contribution is -2.26. The van der Waals surface area contributed by atoms with E-state index in [2.05, 4.69) is 0 Å². The number of methoxy groups -OCH3 is 1.